The molecule has 1 nitrogen and oxygen atoms in total. The van der Waals surface area contributed by atoms with Crippen molar-refractivity contribution in [3.8, 4) is 0 Å². The van der Waals surface area contributed by atoms with Crippen LogP contribution < -0.4 is 0 Å². The van der Waals surface area contributed by atoms with E-state index in [4.69, 9.17) is 0 Å². The van der Waals surface area contributed by atoms with E-state index < -0.39 is 0 Å². The van der Waals surface area contributed by atoms with Gasteiger partial charge in [0.15, 0.2) is 0 Å². The van der Waals surface area contributed by atoms with Crippen molar-refractivity contribution < 1.29 is 5.11 Å². The molecule has 0 saturated heterocycles. The Labute approximate surface area is 64.3 Å². The summed E-state index contributed by atoms with van der Waals surface area (Å²) in [6.45, 7) is 2.09. The van der Waals surface area contributed by atoms with E-state index in [-0.39, 0.29) is 6.10 Å². The zero-order valence-corrected chi connectivity index (χ0v) is 6.69. The lowest BCUT2D eigenvalue weighted by molar-refractivity contribution is 0.163. The third-order valence-corrected chi connectivity index (χ3v) is 3.20. The fourth-order valence-electron chi connectivity index (χ4n) is 1.50. The van der Waals surface area contributed by atoms with Gasteiger partial charge in [-0.05, 0) is 17.0 Å². The van der Waals surface area contributed by atoms with Crippen molar-refractivity contribution in [2.75, 3.05) is 0 Å². The summed E-state index contributed by atoms with van der Waals surface area (Å²) in [6, 6.07) is 2.13. The van der Waals surface area contributed by atoms with E-state index in [0.717, 1.165) is 6.42 Å². The van der Waals surface area contributed by atoms with E-state index in [1.165, 1.54) is 10.4 Å². The van der Waals surface area contributed by atoms with Gasteiger partial charge in [-0.25, -0.2) is 0 Å². The van der Waals surface area contributed by atoms with Crippen molar-refractivity contribution in [2.45, 2.75) is 25.4 Å². The molecule has 2 rings (SSSR count). The third kappa shape index (κ3) is 0.724. The van der Waals surface area contributed by atoms with Gasteiger partial charge in [-0.15, -0.1) is 11.3 Å². The molecule has 0 amide bonds. The van der Waals surface area contributed by atoms with E-state index in [1.54, 1.807) is 11.3 Å². The maximum Gasteiger partial charge on any atom is 0.0654 e. The highest BCUT2D eigenvalue weighted by molar-refractivity contribution is 7.10. The van der Waals surface area contributed by atoms with Gasteiger partial charge in [0.1, 0.15) is 0 Å². The van der Waals surface area contributed by atoms with Gasteiger partial charge in [0.05, 0.1) is 6.10 Å². The Morgan fingerprint density at radius 2 is 2.50 bits per heavy atom. The Bertz CT molecular complexity index is 241. The van der Waals surface area contributed by atoms with Crippen LogP contribution in [0.15, 0.2) is 11.4 Å². The van der Waals surface area contributed by atoms with Crippen LogP contribution in [0, 0.1) is 0 Å². The SMILES string of the molecule is CC1c2ccsc2CC1O. The van der Waals surface area contributed by atoms with Crippen LogP contribution in [-0.4, -0.2) is 11.2 Å². The second-order valence-corrected chi connectivity index (χ2v) is 3.86. The van der Waals surface area contributed by atoms with Crippen LogP contribution in [-0.2, 0) is 6.42 Å². The van der Waals surface area contributed by atoms with Gasteiger partial charge in [0.25, 0.3) is 0 Å². The summed E-state index contributed by atoms with van der Waals surface area (Å²) in [4.78, 5) is 1.38. The first kappa shape index (κ1) is 6.38. The lowest BCUT2D eigenvalue weighted by Gasteiger charge is -2.06. The number of thiophene rings is 1. The van der Waals surface area contributed by atoms with Gasteiger partial charge in [0, 0.05) is 17.2 Å². The molecule has 0 saturated carbocycles. The molecule has 1 heterocycles. The number of aliphatic hydroxyl groups is 1. The van der Waals surface area contributed by atoms with Crippen LogP contribution in [0.4, 0.5) is 0 Å². The Kier molecular flexibility index (Phi) is 1.32. The predicted octanol–water partition coefficient (Wildman–Crippen LogP) is 1.77. The second kappa shape index (κ2) is 2.07. The van der Waals surface area contributed by atoms with Crippen molar-refractivity contribution in [2.24, 2.45) is 0 Å². The normalized spacial score (nSPS) is 30.6. The second-order valence-electron chi connectivity index (χ2n) is 2.86. The molecule has 0 aliphatic heterocycles. The van der Waals surface area contributed by atoms with Gasteiger partial charge < -0.3 is 5.11 Å². The molecule has 2 heteroatoms. The molecule has 0 fully saturated rings. The molecule has 2 unspecified atom stereocenters. The van der Waals surface area contributed by atoms with Crippen molar-refractivity contribution in [3.63, 3.8) is 0 Å². The molecule has 0 radical (unpaired) electrons. The highest BCUT2D eigenvalue weighted by Gasteiger charge is 2.27. The fraction of sp³-hybridized carbons (Fsp3) is 0.500. The van der Waals surface area contributed by atoms with Crippen LogP contribution in [0.5, 0.6) is 0 Å². The first-order valence-corrected chi connectivity index (χ1v) is 4.41. The summed E-state index contributed by atoms with van der Waals surface area (Å²) in [5.41, 5.74) is 1.36. The summed E-state index contributed by atoms with van der Waals surface area (Å²) in [5.74, 6) is 0.362. The lowest BCUT2D eigenvalue weighted by atomic mass is 10.1. The van der Waals surface area contributed by atoms with Gasteiger partial charge in [-0.3, -0.25) is 0 Å². The molecular weight excluding hydrogens is 144 g/mol. The summed E-state index contributed by atoms with van der Waals surface area (Å²) in [6.07, 6.45) is 0.746. The minimum Gasteiger partial charge on any atom is -0.392 e. The van der Waals surface area contributed by atoms with Crippen LogP contribution in [0.25, 0.3) is 0 Å². The maximum atomic E-state index is 9.41. The van der Waals surface area contributed by atoms with Gasteiger partial charge >= 0.3 is 0 Å². The third-order valence-electron chi connectivity index (χ3n) is 2.24. The molecule has 0 spiro atoms. The van der Waals surface area contributed by atoms with E-state index in [2.05, 4.69) is 18.4 Å². The Morgan fingerprint density at radius 3 is 3.20 bits per heavy atom. The van der Waals surface area contributed by atoms with E-state index in [0.29, 0.717) is 5.92 Å². The van der Waals surface area contributed by atoms with E-state index >= 15 is 0 Å². The number of aliphatic hydroxyl groups excluding tert-OH is 1. The maximum absolute atomic E-state index is 9.41. The minimum atomic E-state index is -0.123. The number of hydrogen-bond donors (Lipinski definition) is 1. The van der Waals surface area contributed by atoms with Crippen LogP contribution >= 0.6 is 11.3 Å². The number of fused-ring (bicyclic) bond motifs is 1. The Balaban J connectivity index is 2.43. The monoisotopic (exact) mass is 154 g/mol. The smallest absolute Gasteiger partial charge is 0.0654 e. The summed E-state index contributed by atoms with van der Waals surface area (Å²) >= 11 is 1.76. The average Bonchev–Trinajstić information content (AvgIpc) is 2.41. The molecule has 10 heavy (non-hydrogen) atoms. The molecule has 0 aromatic carbocycles. The van der Waals surface area contributed by atoms with E-state index in [1.807, 2.05) is 0 Å². The Morgan fingerprint density at radius 1 is 1.70 bits per heavy atom. The molecule has 1 aromatic rings. The molecular formula is C8H10OS. The van der Waals surface area contributed by atoms with Gasteiger partial charge in [-0.2, -0.15) is 0 Å². The quantitative estimate of drug-likeness (QED) is 0.604. The zero-order valence-electron chi connectivity index (χ0n) is 5.87. The van der Waals surface area contributed by atoms with Crippen molar-refractivity contribution in [3.05, 3.63) is 21.9 Å². The zero-order chi connectivity index (χ0) is 7.14. The predicted molar refractivity (Wildman–Crippen MR) is 42.4 cm³/mol. The van der Waals surface area contributed by atoms with E-state index in [9.17, 15) is 5.11 Å². The largest absolute Gasteiger partial charge is 0.392 e. The topological polar surface area (TPSA) is 20.2 Å². The van der Waals surface area contributed by atoms with Crippen LogP contribution in [0.2, 0.25) is 0 Å². The summed E-state index contributed by atoms with van der Waals surface area (Å²) in [7, 11) is 0. The molecule has 1 aliphatic rings. The van der Waals surface area contributed by atoms with Crippen molar-refractivity contribution >= 4 is 11.3 Å². The van der Waals surface area contributed by atoms with Crippen LogP contribution in [0.3, 0.4) is 0 Å². The average molecular weight is 154 g/mol. The summed E-state index contributed by atoms with van der Waals surface area (Å²) in [5, 5.41) is 11.5. The molecule has 0 bridgehead atoms. The Hall–Kier alpha value is -0.340. The van der Waals surface area contributed by atoms with Gasteiger partial charge in [0.2, 0.25) is 0 Å². The van der Waals surface area contributed by atoms with Gasteiger partial charge in [-0.1, -0.05) is 6.92 Å². The number of rotatable bonds is 0. The van der Waals surface area contributed by atoms with Crippen LogP contribution in [0.1, 0.15) is 23.3 Å². The first-order chi connectivity index (χ1) is 4.79. The first-order valence-electron chi connectivity index (χ1n) is 3.53. The molecule has 2 atom stereocenters. The lowest BCUT2D eigenvalue weighted by Crippen LogP contribution is -2.09. The molecule has 54 valence electrons. The standard InChI is InChI=1S/C8H10OS/c1-5-6-2-3-10-8(6)4-7(5)9/h2-3,5,7,9H,4H2,1H3. The minimum absolute atomic E-state index is 0.123. The molecule has 1 N–H and O–H groups in total. The molecule has 1 aromatic heterocycles. The van der Waals surface area contributed by atoms with Crippen molar-refractivity contribution in [1.29, 1.82) is 0 Å². The highest BCUT2D eigenvalue weighted by atomic mass is 32.1. The number of hydrogen-bond acceptors (Lipinski definition) is 2. The molecule has 1 aliphatic carbocycles. The highest BCUT2D eigenvalue weighted by Crippen LogP contribution is 2.36. The fourth-order valence-corrected chi connectivity index (χ4v) is 2.53. The summed E-state index contributed by atoms with van der Waals surface area (Å²) < 4.78 is 0. The van der Waals surface area contributed by atoms with Crippen molar-refractivity contribution in [1.82, 2.24) is 0 Å².